The first-order valence-corrected chi connectivity index (χ1v) is 8.63. The second-order valence-electron chi connectivity index (χ2n) is 7.34. The Balaban J connectivity index is 3.08. The van der Waals surface area contributed by atoms with Crippen LogP contribution in [0, 0.1) is 5.41 Å². The van der Waals surface area contributed by atoms with Gasteiger partial charge in [0.15, 0.2) is 11.6 Å². The SMILES string of the molecule is CCCCCCC1=C(C)C(=O)C(C(C)(C)CC(C)=O)=C(C)C1=O. The van der Waals surface area contributed by atoms with Gasteiger partial charge < -0.3 is 0 Å². The molecule has 0 N–H and O–H groups in total. The summed E-state index contributed by atoms with van der Waals surface area (Å²) in [5.74, 6) is -0.0355. The molecule has 0 aromatic carbocycles. The third-order valence-corrected chi connectivity index (χ3v) is 4.66. The molecule has 0 spiro atoms. The number of unbranched alkanes of at least 4 members (excludes halogenated alkanes) is 3. The Morgan fingerprint density at radius 2 is 1.57 bits per heavy atom. The minimum absolute atomic E-state index is 0.00905. The van der Waals surface area contributed by atoms with Crippen molar-refractivity contribution in [3.8, 4) is 0 Å². The molecule has 0 unspecified atom stereocenters. The Kier molecular flexibility index (Phi) is 6.67. The fraction of sp³-hybridized carbons (Fsp3) is 0.650. The highest BCUT2D eigenvalue weighted by molar-refractivity contribution is 6.25. The fourth-order valence-corrected chi connectivity index (χ4v) is 3.56. The molecule has 0 aromatic rings. The minimum Gasteiger partial charge on any atom is -0.300 e. The molecule has 0 saturated carbocycles. The van der Waals surface area contributed by atoms with Crippen molar-refractivity contribution < 1.29 is 14.4 Å². The van der Waals surface area contributed by atoms with E-state index in [1.807, 2.05) is 13.8 Å². The Bertz CT molecular complexity index is 574. The number of carbonyl (C=O) groups is 3. The van der Waals surface area contributed by atoms with E-state index in [9.17, 15) is 14.4 Å². The first kappa shape index (κ1) is 19.5. The van der Waals surface area contributed by atoms with Crippen LogP contribution >= 0.6 is 0 Å². The highest BCUT2D eigenvalue weighted by Gasteiger charge is 2.38. The van der Waals surface area contributed by atoms with Gasteiger partial charge in [0.05, 0.1) is 0 Å². The van der Waals surface area contributed by atoms with E-state index in [1.165, 1.54) is 6.92 Å². The maximum absolute atomic E-state index is 12.8. The topological polar surface area (TPSA) is 51.2 Å². The first-order chi connectivity index (χ1) is 10.6. The van der Waals surface area contributed by atoms with Crippen LogP contribution in [0.5, 0.6) is 0 Å². The first-order valence-electron chi connectivity index (χ1n) is 8.63. The van der Waals surface area contributed by atoms with E-state index in [1.54, 1.807) is 13.8 Å². The van der Waals surface area contributed by atoms with E-state index in [0.717, 1.165) is 25.7 Å². The number of rotatable bonds is 8. The van der Waals surface area contributed by atoms with Gasteiger partial charge in [0, 0.05) is 34.1 Å². The highest BCUT2D eigenvalue weighted by Crippen LogP contribution is 2.39. The molecule has 1 aliphatic rings. The number of Topliss-reactive ketones (excluding diaryl/α,β-unsaturated/α-hetero) is 3. The molecule has 1 rings (SSSR count). The second-order valence-corrected chi connectivity index (χ2v) is 7.34. The molecule has 0 fully saturated rings. The Morgan fingerprint density at radius 3 is 2.09 bits per heavy atom. The Morgan fingerprint density at radius 1 is 0.957 bits per heavy atom. The lowest BCUT2D eigenvalue weighted by molar-refractivity contribution is -0.120. The van der Waals surface area contributed by atoms with Crippen LogP contribution in [0.4, 0.5) is 0 Å². The van der Waals surface area contributed by atoms with Gasteiger partial charge in [-0.3, -0.25) is 14.4 Å². The summed E-state index contributed by atoms with van der Waals surface area (Å²) in [5.41, 5.74) is 1.69. The van der Waals surface area contributed by atoms with Gasteiger partial charge >= 0.3 is 0 Å². The molecule has 0 amide bonds. The van der Waals surface area contributed by atoms with E-state index >= 15 is 0 Å². The van der Waals surface area contributed by atoms with Gasteiger partial charge in [0.2, 0.25) is 0 Å². The van der Waals surface area contributed by atoms with Crippen molar-refractivity contribution in [3.63, 3.8) is 0 Å². The minimum atomic E-state index is -0.600. The van der Waals surface area contributed by atoms with Crippen molar-refractivity contribution in [2.75, 3.05) is 0 Å². The van der Waals surface area contributed by atoms with Crippen molar-refractivity contribution in [3.05, 3.63) is 22.3 Å². The van der Waals surface area contributed by atoms with Crippen LogP contribution in [-0.2, 0) is 14.4 Å². The van der Waals surface area contributed by atoms with Gasteiger partial charge in [-0.25, -0.2) is 0 Å². The number of ketones is 3. The molecule has 3 nitrogen and oxygen atoms in total. The van der Waals surface area contributed by atoms with Crippen LogP contribution in [0.2, 0.25) is 0 Å². The van der Waals surface area contributed by atoms with Crippen molar-refractivity contribution in [1.82, 2.24) is 0 Å². The van der Waals surface area contributed by atoms with Crippen LogP contribution in [0.25, 0.3) is 0 Å². The number of carbonyl (C=O) groups excluding carboxylic acids is 3. The zero-order valence-electron chi connectivity index (χ0n) is 15.5. The summed E-state index contributed by atoms with van der Waals surface area (Å²) < 4.78 is 0. The predicted octanol–water partition coefficient (Wildman–Crippen LogP) is 4.75. The van der Waals surface area contributed by atoms with Gasteiger partial charge in [-0.05, 0) is 33.6 Å². The monoisotopic (exact) mass is 318 g/mol. The predicted molar refractivity (Wildman–Crippen MR) is 93.3 cm³/mol. The van der Waals surface area contributed by atoms with Crippen molar-refractivity contribution in [2.45, 2.75) is 80.1 Å². The zero-order chi connectivity index (χ0) is 17.8. The van der Waals surface area contributed by atoms with Gasteiger partial charge in [-0.2, -0.15) is 0 Å². The second kappa shape index (κ2) is 7.85. The van der Waals surface area contributed by atoms with E-state index in [2.05, 4.69) is 6.92 Å². The van der Waals surface area contributed by atoms with E-state index < -0.39 is 5.41 Å². The van der Waals surface area contributed by atoms with Crippen LogP contribution in [0.3, 0.4) is 0 Å². The lowest BCUT2D eigenvalue weighted by Gasteiger charge is -2.31. The molecular formula is C20H30O3. The summed E-state index contributed by atoms with van der Waals surface area (Å²) >= 11 is 0. The molecule has 23 heavy (non-hydrogen) atoms. The number of allylic oxidation sites excluding steroid dienone is 4. The van der Waals surface area contributed by atoms with E-state index in [4.69, 9.17) is 0 Å². The quantitative estimate of drug-likeness (QED) is 0.479. The summed E-state index contributed by atoms with van der Waals surface area (Å²) in [7, 11) is 0. The molecule has 0 radical (unpaired) electrons. The molecule has 0 aliphatic heterocycles. The van der Waals surface area contributed by atoms with Crippen molar-refractivity contribution >= 4 is 17.3 Å². The number of hydrogen-bond acceptors (Lipinski definition) is 3. The maximum atomic E-state index is 12.8. The van der Waals surface area contributed by atoms with Gasteiger partial charge in [-0.1, -0.05) is 40.0 Å². The van der Waals surface area contributed by atoms with E-state index in [0.29, 0.717) is 28.7 Å². The van der Waals surface area contributed by atoms with Gasteiger partial charge in [-0.15, -0.1) is 0 Å². The largest absolute Gasteiger partial charge is 0.300 e. The molecule has 3 heteroatoms. The lowest BCUT2D eigenvalue weighted by Crippen LogP contribution is -2.31. The summed E-state index contributed by atoms with van der Waals surface area (Å²) in [6.45, 7) is 10.9. The van der Waals surface area contributed by atoms with E-state index in [-0.39, 0.29) is 23.8 Å². The molecular weight excluding hydrogens is 288 g/mol. The van der Waals surface area contributed by atoms with Crippen molar-refractivity contribution in [2.24, 2.45) is 5.41 Å². The van der Waals surface area contributed by atoms with Crippen molar-refractivity contribution in [1.29, 1.82) is 0 Å². The van der Waals surface area contributed by atoms with Crippen LogP contribution in [0.15, 0.2) is 22.3 Å². The van der Waals surface area contributed by atoms with Gasteiger partial charge in [0.25, 0.3) is 0 Å². The Hall–Kier alpha value is -1.51. The van der Waals surface area contributed by atoms with Crippen LogP contribution in [-0.4, -0.2) is 17.3 Å². The van der Waals surface area contributed by atoms with Crippen LogP contribution < -0.4 is 0 Å². The average Bonchev–Trinajstić information content (AvgIpc) is 2.43. The molecule has 0 heterocycles. The number of hydrogen-bond donors (Lipinski definition) is 0. The summed E-state index contributed by atoms with van der Waals surface area (Å²) in [5, 5.41) is 0. The zero-order valence-corrected chi connectivity index (χ0v) is 15.5. The smallest absolute Gasteiger partial charge is 0.186 e. The summed E-state index contributed by atoms with van der Waals surface area (Å²) in [4.78, 5) is 37.1. The van der Waals surface area contributed by atoms with Crippen LogP contribution in [0.1, 0.15) is 80.1 Å². The summed E-state index contributed by atoms with van der Waals surface area (Å²) in [6, 6.07) is 0. The molecule has 0 bridgehead atoms. The molecule has 0 atom stereocenters. The molecule has 0 saturated heterocycles. The summed E-state index contributed by atoms with van der Waals surface area (Å²) in [6.07, 6.45) is 5.28. The third kappa shape index (κ3) is 4.49. The fourth-order valence-electron chi connectivity index (χ4n) is 3.56. The van der Waals surface area contributed by atoms with Gasteiger partial charge in [0.1, 0.15) is 5.78 Å². The standard InChI is InChI=1S/C20H30O3/c1-7-8-9-10-11-16-14(3)19(23)17(15(4)18(16)22)20(5,6)12-13(2)21/h7-12H2,1-6H3. The lowest BCUT2D eigenvalue weighted by atomic mass is 9.70. The maximum Gasteiger partial charge on any atom is 0.186 e. The average molecular weight is 318 g/mol. The highest BCUT2D eigenvalue weighted by atomic mass is 16.1. The molecule has 128 valence electrons. The Labute approximate surface area is 140 Å². The third-order valence-electron chi connectivity index (χ3n) is 4.66. The normalized spacial score (nSPS) is 16.4. The molecule has 0 aromatic heterocycles. The molecule has 1 aliphatic carbocycles.